The minimum atomic E-state index is -0.606. The van der Waals surface area contributed by atoms with E-state index in [9.17, 15) is 20.0 Å². The van der Waals surface area contributed by atoms with Gasteiger partial charge in [-0.2, -0.15) is 0 Å². The van der Waals surface area contributed by atoms with E-state index in [4.69, 9.17) is 0 Å². The van der Waals surface area contributed by atoms with Crippen molar-refractivity contribution in [3.8, 4) is 5.75 Å². The molecule has 192 valence electrons. The van der Waals surface area contributed by atoms with Gasteiger partial charge < -0.3 is 10.4 Å². The van der Waals surface area contributed by atoms with Crippen LogP contribution in [0.1, 0.15) is 53.4 Å². The molecular formula is C31H29N3O4. The third kappa shape index (κ3) is 6.50. The lowest BCUT2D eigenvalue weighted by atomic mass is 9.87. The molecule has 0 unspecified atom stereocenters. The molecule has 4 aromatic carbocycles. The summed E-state index contributed by atoms with van der Waals surface area (Å²) in [5, 5.41) is 24.9. The van der Waals surface area contributed by atoms with Crippen molar-refractivity contribution in [1.29, 1.82) is 0 Å². The average molecular weight is 508 g/mol. The van der Waals surface area contributed by atoms with Gasteiger partial charge >= 0.3 is 5.69 Å². The van der Waals surface area contributed by atoms with Crippen molar-refractivity contribution in [1.82, 2.24) is 0 Å². The summed E-state index contributed by atoms with van der Waals surface area (Å²) in [6.45, 7) is 6.35. The summed E-state index contributed by atoms with van der Waals surface area (Å²) in [4.78, 5) is 28.1. The number of hydrogen-bond acceptors (Lipinski definition) is 5. The molecule has 4 aromatic rings. The zero-order chi connectivity index (χ0) is 27.3. The Labute approximate surface area is 221 Å². The maximum atomic E-state index is 12.8. The average Bonchev–Trinajstić information content (AvgIpc) is 2.89. The number of anilines is 1. The van der Waals surface area contributed by atoms with E-state index in [2.05, 4.69) is 31.1 Å². The van der Waals surface area contributed by atoms with Crippen LogP contribution >= 0.6 is 0 Å². The number of nitrogens with zero attached hydrogens (tertiary/aromatic N) is 2. The fourth-order valence-corrected chi connectivity index (χ4v) is 4.01. The second-order valence-electron chi connectivity index (χ2n) is 10.1. The summed E-state index contributed by atoms with van der Waals surface area (Å²) < 4.78 is 0. The molecule has 0 heterocycles. The van der Waals surface area contributed by atoms with E-state index >= 15 is 0 Å². The number of aromatic hydroxyl groups is 1. The summed E-state index contributed by atoms with van der Waals surface area (Å²) in [5.41, 5.74) is 4.28. The fourth-order valence-electron chi connectivity index (χ4n) is 4.01. The van der Waals surface area contributed by atoms with E-state index in [0.29, 0.717) is 28.9 Å². The highest BCUT2D eigenvalue weighted by Crippen LogP contribution is 2.32. The van der Waals surface area contributed by atoms with Gasteiger partial charge in [-0.15, -0.1) is 0 Å². The lowest BCUT2D eigenvalue weighted by molar-refractivity contribution is -0.385. The molecule has 7 heteroatoms. The van der Waals surface area contributed by atoms with Crippen LogP contribution in [0.4, 0.5) is 17.1 Å². The predicted molar refractivity (Wildman–Crippen MR) is 151 cm³/mol. The first kappa shape index (κ1) is 26.3. The highest BCUT2D eigenvalue weighted by atomic mass is 16.6. The molecule has 0 saturated heterocycles. The van der Waals surface area contributed by atoms with E-state index in [0.717, 1.165) is 11.1 Å². The summed E-state index contributed by atoms with van der Waals surface area (Å²) in [7, 11) is 0. The number of benzene rings is 4. The highest BCUT2D eigenvalue weighted by Gasteiger charge is 2.19. The van der Waals surface area contributed by atoms with E-state index in [-0.39, 0.29) is 22.6 Å². The number of nitrogens with one attached hydrogen (secondary N) is 1. The van der Waals surface area contributed by atoms with Gasteiger partial charge in [-0.05, 0) is 64.9 Å². The van der Waals surface area contributed by atoms with Crippen LogP contribution in [0.25, 0.3) is 0 Å². The summed E-state index contributed by atoms with van der Waals surface area (Å²) in [6, 6.07) is 27.1. The molecule has 0 aliphatic carbocycles. The second-order valence-corrected chi connectivity index (χ2v) is 10.1. The number of carbonyl (C=O) groups is 1. The number of rotatable bonds is 7. The minimum Gasteiger partial charge on any atom is -0.502 e. The molecule has 0 spiro atoms. The summed E-state index contributed by atoms with van der Waals surface area (Å²) >= 11 is 0. The van der Waals surface area contributed by atoms with Gasteiger partial charge in [0.1, 0.15) is 0 Å². The maximum Gasteiger partial charge on any atom is 0.311 e. The van der Waals surface area contributed by atoms with Gasteiger partial charge in [0.05, 0.1) is 10.6 Å². The third-order valence-corrected chi connectivity index (χ3v) is 6.10. The zero-order valence-corrected chi connectivity index (χ0v) is 21.5. The maximum absolute atomic E-state index is 12.8. The Morgan fingerprint density at radius 2 is 1.66 bits per heavy atom. The Morgan fingerprint density at radius 1 is 0.947 bits per heavy atom. The van der Waals surface area contributed by atoms with Crippen LogP contribution in [0, 0.1) is 10.1 Å². The van der Waals surface area contributed by atoms with Gasteiger partial charge in [-0.3, -0.25) is 19.9 Å². The lowest BCUT2D eigenvalue weighted by Gasteiger charge is -2.19. The molecular weight excluding hydrogens is 478 g/mol. The molecule has 1 amide bonds. The molecule has 38 heavy (non-hydrogen) atoms. The fraction of sp³-hybridized carbons (Fsp3) is 0.161. The Balaban J connectivity index is 1.54. The van der Waals surface area contributed by atoms with Gasteiger partial charge in [0, 0.05) is 29.1 Å². The van der Waals surface area contributed by atoms with E-state index in [1.165, 1.54) is 12.3 Å². The summed E-state index contributed by atoms with van der Waals surface area (Å²) in [6.07, 6.45) is 1.87. The quantitative estimate of drug-likeness (QED) is 0.157. The van der Waals surface area contributed by atoms with Crippen molar-refractivity contribution in [3.05, 3.63) is 129 Å². The third-order valence-electron chi connectivity index (χ3n) is 6.10. The molecule has 0 aliphatic rings. The predicted octanol–water partition coefficient (Wildman–Crippen LogP) is 7.19. The van der Waals surface area contributed by atoms with Crippen molar-refractivity contribution in [2.45, 2.75) is 32.6 Å². The topological polar surface area (TPSA) is 105 Å². The van der Waals surface area contributed by atoms with Crippen molar-refractivity contribution in [2.24, 2.45) is 4.99 Å². The first-order valence-electron chi connectivity index (χ1n) is 12.2. The number of nitro benzene ring substituents is 1. The number of hydrogen-bond donors (Lipinski definition) is 2. The number of nitro groups is 1. The normalized spacial score (nSPS) is 11.4. The van der Waals surface area contributed by atoms with Crippen LogP contribution in [0.2, 0.25) is 0 Å². The monoisotopic (exact) mass is 507 g/mol. The minimum absolute atomic E-state index is 0.00271. The van der Waals surface area contributed by atoms with Crippen molar-refractivity contribution in [3.63, 3.8) is 0 Å². The second kappa shape index (κ2) is 11.1. The Bertz CT molecular complexity index is 1490. The molecule has 2 N–H and O–H groups in total. The van der Waals surface area contributed by atoms with Crippen molar-refractivity contribution < 1.29 is 14.8 Å². The van der Waals surface area contributed by atoms with E-state index < -0.39 is 10.7 Å². The molecule has 7 nitrogen and oxygen atoms in total. The van der Waals surface area contributed by atoms with Crippen LogP contribution < -0.4 is 5.32 Å². The van der Waals surface area contributed by atoms with Crippen molar-refractivity contribution in [2.75, 3.05) is 5.32 Å². The summed E-state index contributed by atoms with van der Waals surface area (Å²) in [5.74, 6) is -0.688. The molecule has 0 atom stereocenters. The molecule has 0 radical (unpaired) electrons. The molecule has 0 saturated carbocycles. The SMILES string of the molecule is CC(C)(C)c1ccc(C(=O)Nc2cccc(N=Cc3cc(Cc4ccccc4)cc([N+](=O)[O-])c3O)c2)cc1. The lowest BCUT2D eigenvalue weighted by Crippen LogP contribution is -2.14. The van der Waals surface area contributed by atoms with Crippen molar-refractivity contribution >= 4 is 29.2 Å². The molecule has 0 bridgehead atoms. The number of carbonyl (C=O) groups excluding carboxylic acids is 1. The molecule has 0 aliphatic heterocycles. The largest absolute Gasteiger partial charge is 0.502 e. The van der Waals surface area contributed by atoms with Gasteiger partial charge in [0.25, 0.3) is 5.91 Å². The number of phenols is 1. The Kier molecular flexibility index (Phi) is 7.67. The van der Waals surface area contributed by atoms with Gasteiger partial charge in [-0.1, -0.05) is 69.3 Å². The standard InChI is InChI=1S/C31H29N3O4/c1-31(2,3)25-14-12-23(13-15-25)30(36)33-27-11-7-10-26(19-27)32-20-24-17-22(16-21-8-5-4-6-9-21)18-28(29(24)35)34(37)38/h4-15,17-20,35H,16H2,1-3H3,(H,33,36). The van der Waals surface area contributed by atoms with Gasteiger partial charge in [0.2, 0.25) is 5.75 Å². The van der Waals surface area contributed by atoms with Crippen LogP contribution in [0.15, 0.2) is 96.0 Å². The molecule has 0 aromatic heterocycles. The Hall–Kier alpha value is -4.78. The van der Waals surface area contributed by atoms with E-state index in [1.807, 2.05) is 42.5 Å². The highest BCUT2D eigenvalue weighted by molar-refractivity contribution is 6.04. The van der Waals surface area contributed by atoms with Crippen LogP contribution in [-0.4, -0.2) is 22.2 Å². The van der Waals surface area contributed by atoms with Gasteiger partial charge in [0.15, 0.2) is 0 Å². The number of amides is 1. The first-order chi connectivity index (χ1) is 18.1. The molecule has 4 rings (SSSR count). The van der Waals surface area contributed by atoms with Crippen LogP contribution in [0.3, 0.4) is 0 Å². The Morgan fingerprint density at radius 3 is 2.32 bits per heavy atom. The van der Waals surface area contributed by atoms with Gasteiger partial charge in [-0.25, -0.2) is 0 Å². The van der Waals surface area contributed by atoms with E-state index in [1.54, 1.807) is 42.5 Å². The molecule has 0 fully saturated rings. The number of aliphatic imine (C=N–C) groups is 1. The zero-order valence-electron chi connectivity index (χ0n) is 21.5. The number of phenolic OH excluding ortho intramolecular Hbond substituents is 1. The first-order valence-corrected chi connectivity index (χ1v) is 12.2. The van der Waals surface area contributed by atoms with Crippen LogP contribution in [0.5, 0.6) is 5.75 Å². The van der Waals surface area contributed by atoms with Crippen LogP contribution in [-0.2, 0) is 11.8 Å². The smallest absolute Gasteiger partial charge is 0.311 e.